The average Bonchev–Trinajstić information content (AvgIpc) is 3.41. The Kier molecular flexibility index (Phi) is 3.53. The van der Waals surface area contributed by atoms with E-state index in [0.29, 0.717) is 17.8 Å². The second kappa shape index (κ2) is 6.05. The van der Waals surface area contributed by atoms with Crippen molar-refractivity contribution in [1.29, 1.82) is 0 Å². The SMILES string of the molecule is Cc1cccc(Nc2nc(N)nc(-n3c(C4CC4)nc4ccccc43)n2)c1. The van der Waals surface area contributed by atoms with E-state index >= 15 is 0 Å². The van der Waals surface area contributed by atoms with Crippen LogP contribution in [0.4, 0.5) is 17.6 Å². The van der Waals surface area contributed by atoms with Gasteiger partial charge in [-0.05, 0) is 49.6 Å². The molecule has 1 aliphatic rings. The van der Waals surface area contributed by atoms with Gasteiger partial charge in [0, 0.05) is 11.6 Å². The van der Waals surface area contributed by atoms with Crippen LogP contribution in [-0.4, -0.2) is 24.5 Å². The van der Waals surface area contributed by atoms with Gasteiger partial charge in [-0.3, -0.25) is 4.57 Å². The Labute approximate surface area is 156 Å². The average molecular weight is 357 g/mol. The van der Waals surface area contributed by atoms with Crippen LogP contribution >= 0.6 is 0 Å². The third-order valence-electron chi connectivity index (χ3n) is 4.64. The quantitative estimate of drug-likeness (QED) is 0.578. The number of nitrogens with one attached hydrogen (secondary N) is 1. The molecule has 5 rings (SSSR count). The van der Waals surface area contributed by atoms with Gasteiger partial charge in [0.05, 0.1) is 11.0 Å². The maximum absolute atomic E-state index is 6.00. The van der Waals surface area contributed by atoms with Crippen molar-refractivity contribution < 1.29 is 0 Å². The van der Waals surface area contributed by atoms with Crippen molar-refractivity contribution in [2.24, 2.45) is 0 Å². The summed E-state index contributed by atoms with van der Waals surface area (Å²) in [5, 5.41) is 3.22. The highest BCUT2D eigenvalue weighted by Crippen LogP contribution is 2.41. The van der Waals surface area contributed by atoms with Gasteiger partial charge in [0.2, 0.25) is 17.8 Å². The predicted molar refractivity (Wildman–Crippen MR) is 105 cm³/mol. The van der Waals surface area contributed by atoms with E-state index in [1.807, 2.05) is 60.0 Å². The molecule has 0 bridgehead atoms. The molecule has 4 aromatic rings. The monoisotopic (exact) mass is 357 g/mol. The minimum atomic E-state index is 0.176. The molecule has 0 atom stereocenters. The molecule has 0 unspecified atom stereocenters. The van der Waals surface area contributed by atoms with E-state index in [0.717, 1.165) is 41.0 Å². The van der Waals surface area contributed by atoms with Crippen molar-refractivity contribution in [3.63, 3.8) is 0 Å². The summed E-state index contributed by atoms with van der Waals surface area (Å²) >= 11 is 0. The zero-order valence-electron chi connectivity index (χ0n) is 14.9. The van der Waals surface area contributed by atoms with E-state index in [-0.39, 0.29) is 5.95 Å². The van der Waals surface area contributed by atoms with Crippen molar-refractivity contribution in [3.05, 3.63) is 59.9 Å². The fraction of sp³-hybridized carbons (Fsp3) is 0.200. The summed E-state index contributed by atoms with van der Waals surface area (Å²) in [5.74, 6) is 2.53. The molecule has 134 valence electrons. The fourth-order valence-electron chi connectivity index (χ4n) is 3.26. The van der Waals surface area contributed by atoms with E-state index in [2.05, 4.69) is 20.3 Å². The van der Waals surface area contributed by atoms with Crippen molar-refractivity contribution in [2.75, 3.05) is 11.1 Å². The number of benzene rings is 2. The molecule has 2 aromatic heterocycles. The number of rotatable bonds is 4. The molecule has 2 heterocycles. The maximum atomic E-state index is 6.00. The van der Waals surface area contributed by atoms with Crippen molar-refractivity contribution in [3.8, 4) is 5.95 Å². The molecule has 1 fully saturated rings. The molecule has 1 aliphatic carbocycles. The molecule has 1 saturated carbocycles. The van der Waals surface area contributed by atoms with Gasteiger partial charge in [-0.15, -0.1) is 0 Å². The summed E-state index contributed by atoms with van der Waals surface area (Å²) in [6, 6.07) is 16.0. The number of imidazole rings is 1. The standard InChI is InChI=1S/C20H19N7/c1-12-5-4-6-14(11-12)22-19-24-18(21)25-20(26-19)27-16-8-3-2-7-15(16)23-17(27)13-9-10-13/h2-8,11,13H,9-10H2,1H3,(H3,21,22,24,25,26). The first kappa shape index (κ1) is 15.7. The molecule has 0 radical (unpaired) electrons. The Hall–Kier alpha value is -3.48. The lowest BCUT2D eigenvalue weighted by Crippen LogP contribution is -2.11. The van der Waals surface area contributed by atoms with Crippen LogP contribution in [0.3, 0.4) is 0 Å². The van der Waals surface area contributed by atoms with Crippen LogP contribution in [0.25, 0.3) is 17.0 Å². The molecule has 7 nitrogen and oxygen atoms in total. The highest BCUT2D eigenvalue weighted by Gasteiger charge is 2.31. The summed E-state index contributed by atoms with van der Waals surface area (Å²) in [6.07, 6.45) is 2.27. The lowest BCUT2D eigenvalue weighted by molar-refractivity contribution is 0.838. The zero-order valence-corrected chi connectivity index (χ0v) is 14.9. The number of hydrogen-bond donors (Lipinski definition) is 2. The lowest BCUT2D eigenvalue weighted by atomic mass is 10.2. The lowest BCUT2D eigenvalue weighted by Gasteiger charge is -2.10. The van der Waals surface area contributed by atoms with Crippen LogP contribution in [0.5, 0.6) is 0 Å². The van der Waals surface area contributed by atoms with E-state index in [4.69, 9.17) is 10.7 Å². The molecule has 0 spiro atoms. The molecule has 7 heteroatoms. The summed E-state index contributed by atoms with van der Waals surface area (Å²) < 4.78 is 2.01. The Morgan fingerprint density at radius 3 is 2.67 bits per heavy atom. The third-order valence-corrected chi connectivity index (χ3v) is 4.64. The van der Waals surface area contributed by atoms with Crippen LogP contribution < -0.4 is 11.1 Å². The summed E-state index contributed by atoms with van der Waals surface area (Å²) in [7, 11) is 0. The molecule has 27 heavy (non-hydrogen) atoms. The number of para-hydroxylation sites is 2. The Morgan fingerprint density at radius 2 is 1.85 bits per heavy atom. The van der Waals surface area contributed by atoms with Gasteiger partial charge in [-0.2, -0.15) is 15.0 Å². The van der Waals surface area contributed by atoms with Gasteiger partial charge in [0.1, 0.15) is 5.82 Å². The van der Waals surface area contributed by atoms with Crippen LogP contribution in [0.2, 0.25) is 0 Å². The zero-order chi connectivity index (χ0) is 18.4. The van der Waals surface area contributed by atoms with E-state index < -0.39 is 0 Å². The van der Waals surface area contributed by atoms with E-state index in [9.17, 15) is 0 Å². The fourth-order valence-corrected chi connectivity index (χ4v) is 3.26. The van der Waals surface area contributed by atoms with Crippen LogP contribution in [0.15, 0.2) is 48.5 Å². The molecule has 0 saturated heterocycles. The summed E-state index contributed by atoms with van der Waals surface area (Å²) in [5.41, 5.74) is 9.97. The minimum absolute atomic E-state index is 0.176. The number of fused-ring (bicyclic) bond motifs is 1. The Bertz CT molecular complexity index is 1140. The van der Waals surface area contributed by atoms with Gasteiger partial charge in [0.15, 0.2) is 0 Å². The largest absolute Gasteiger partial charge is 0.368 e. The minimum Gasteiger partial charge on any atom is -0.368 e. The number of anilines is 3. The van der Waals surface area contributed by atoms with Crippen molar-refractivity contribution in [1.82, 2.24) is 24.5 Å². The second-order valence-electron chi connectivity index (χ2n) is 6.88. The number of nitrogen functional groups attached to an aromatic ring is 1. The smallest absolute Gasteiger partial charge is 0.242 e. The van der Waals surface area contributed by atoms with E-state index in [1.54, 1.807) is 0 Å². The summed E-state index contributed by atoms with van der Waals surface area (Å²) in [6.45, 7) is 2.04. The number of aromatic nitrogens is 5. The summed E-state index contributed by atoms with van der Waals surface area (Å²) in [4.78, 5) is 18.1. The molecule has 3 N–H and O–H groups in total. The topological polar surface area (TPSA) is 94.5 Å². The van der Waals surface area contributed by atoms with Gasteiger partial charge in [-0.1, -0.05) is 24.3 Å². The van der Waals surface area contributed by atoms with Crippen molar-refractivity contribution in [2.45, 2.75) is 25.7 Å². The molecular weight excluding hydrogens is 338 g/mol. The number of nitrogens with zero attached hydrogens (tertiary/aromatic N) is 5. The van der Waals surface area contributed by atoms with Crippen LogP contribution in [0, 0.1) is 6.92 Å². The Balaban J connectivity index is 1.63. The van der Waals surface area contributed by atoms with Gasteiger partial charge < -0.3 is 11.1 Å². The highest BCUT2D eigenvalue weighted by molar-refractivity contribution is 5.78. The van der Waals surface area contributed by atoms with Crippen LogP contribution in [-0.2, 0) is 0 Å². The maximum Gasteiger partial charge on any atom is 0.242 e. The molecular formula is C20H19N7. The highest BCUT2D eigenvalue weighted by atomic mass is 15.3. The first-order chi connectivity index (χ1) is 13.2. The second-order valence-corrected chi connectivity index (χ2v) is 6.88. The third kappa shape index (κ3) is 2.97. The first-order valence-corrected chi connectivity index (χ1v) is 9.00. The van der Waals surface area contributed by atoms with E-state index in [1.165, 1.54) is 0 Å². The molecule has 0 amide bonds. The van der Waals surface area contributed by atoms with Gasteiger partial charge in [-0.25, -0.2) is 4.98 Å². The molecule has 0 aliphatic heterocycles. The number of nitrogens with two attached hydrogens (primary N) is 1. The first-order valence-electron chi connectivity index (χ1n) is 9.00. The Morgan fingerprint density at radius 1 is 1.00 bits per heavy atom. The van der Waals surface area contributed by atoms with Gasteiger partial charge in [0.25, 0.3) is 0 Å². The number of aryl methyl sites for hydroxylation is 1. The normalized spacial score (nSPS) is 13.8. The van der Waals surface area contributed by atoms with Crippen molar-refractivity contribution >= 4 is 28.6 Å². The van der Waals surface area contributed by atoms with Crippen LogP contribution in [0.1, 0.15) is 30.1 Å². The predicted octanol–water partition coefficient (Wildman–Crippen LogP) is 3.72. The molecule has 2 aromatic carbocycles. The number of hydrogen-bond acceptors (Lipinski definition) is 6. The van der Waals surface area contributed by atoms with Gasteiger partial charge >= 0.3 is 0 Å².